The van der Waals surface area contributed by atoms with Crippen molar-refractivity contribution in [3.05, 3.63) is 47.8 Å². The molecule has 0 aliphatic heterocycles. The molecular formula is C17H23N3S. The van der Waals surface area contributed by atoms with Crippen LogP contribution in [0.4, 0.5) is 0 Å². The normalized spacial score (nSPS) is 16.2. The van der Waals surface area contributed by atoms with Crippen molar-refractivity contribution < 1.29 is 0 Å². The van der Waals surface area contributed by atoms with E-state index in [1.165, 1.54) is 48.3 Å². The number of rotatable bonds is 5. The molecule has 4 heteroatoms. The average Bonchev–Trinajstić information content (AvgIpc) is 3.03. The fourth-order valence-electron chi connectivity index (χ4n) is 2.88. The van der Waals surface area contributed by atoms with Crippen molar-refractivity contribution in [1.29, 1.82) is 0 Å². The third-order valence-electron chi connectivity index (χ3n) is 4.16. The molecule has 21 heavy (non-hydrogen) atoms. The zero-order valence-corrected chi connectivity index (χ0v) is 13.2. The van der Waals surface area contributed by atoms with Crippen LogP contribution >= 0.6 is 11.8 Å². The molecule has 112 valence electrons. The molecule has 1 aliphatic carbocycles. The number of hydrogen-bond donors (Lipinski definition) is 1. The van der Waals surface area contributed by atoms with E-state index in [0.717, 1.165) is 5.75 Å². The smallest absolute Gasteiger partial charge is 0.0727 e. The summed E-state index contributed by atoms with van der Waals surface area (Å²) in [7, 11) is 0. The van der Waals surface area contributed by atoms with Gasteiger partial charge in [-0.05, 0) is 36.6 Å². The number of thioether (sulfide) groups is 1. The Hall–Kier alpha value is -1.26. The molecule has 2 N–H and O–H groups in total. The van der Waals surface area contributed by atoms with E-state index < -0.39 is 0 Å². The Morgan fingerprint density at radius 2 is 1.86 bits per heavy atom. The van der Waals surface area contributed by atoms with Gasteiger partial charge in [-0.25, -0.2) is 0 Å². The predicted octanol–water partition coefficient (Wildman–Crippen LogP) is 4.14. The van der Waals surface area contributed by atoms with E-state index >= 15 is 0 Å². The fourth-order valence-corrected chi connectivity index (χ4v) is 3.68. The third kappa shape index (κ3) is 3.89. The highest BCUT2D eigenvalue weighted by Crippen LogP contribution is 2.28. The zero-order valence-electron chi connectivity index (χ0n) is 12.4. The van der Waals surface area contributed by atoms with Gasteiger partial charge < -0.3 is 5.73 Å². The van der Waals surface area contributed by atoms with E-state index in [1.807, 2.05) is 11.8 Å². The number of nitrogens with zero attached hydrogens (tertiary/aromatic N) is 2. The van der Waals surface area contributed by atoms with Crippen LogP contribution in [0, 0.1) is 0 Å². The number of hydrogen-bond acceptors (Lipinski definition) is 3. The van der Waals surface area contributed by atoms with Crippen LogP contribution in [0.2, 0.25) is 0 Å². The molecule has 1 fully saturated rings. The summed E-state index contributed by atoms with van der Waals surface area (Å²) in [6, 6.07) is 11.3. The van der Waals surface area contributed by atoms with Crippen LogP contribution in [-0.4, -0.2) is 9.78 Å². The lowest BCUT2D eigenvalue weighted by atomic mass is 9.96. The Balaban J connectivity index is 1.56. The molecule has 3 rings (SSSR count). The first-order valence-electron chi connectivity index (χ1n) is 7.81. The third-order valence-corrected chi connectivity index (χ3v) is 5.20. The first kappa shape index (κ1) is 14.7. The molecule has 0 bridgehead atoms. The minimum Gasteiger partial charge on any atom is -0.326 e. The zero-order chi connectivity index (χ0) is 14.5. The number of benzene rings is 1. The summed E-state index contributed by atoms with van der Waals surface area (Å²) in [6.07, 6.45) is 8.82. The maximum Gasteiger partial charge on any atom is 0.0727 e. The van der Waals surface area contributed by atoms with Crippen molar-refractivity contribution in [2.45, 2.75) is 55.3 Å². The molecule has 1 aliphatic rings. The summed E-state index contributed by atoms with van der Waals surface area (Å²) < 4.78 is 2.19. The lowest BCUT2D eigenvalue weighted by molar-refractivity contribution is 0.328. The molecule has 3 nitrogen and oxygen atoms in total. The van der Waals surface area contributed by atoms with Gasteiger partial charge in [-0.15, -0.1) is 11.8 Å². The SMILES string of the molecule is NCc1ccc(SCc2ccn(C3CCCCC3)n2)cc1. The maximum atomic E-state index is 5.62. The van der Waals surface area contributed by atoms with Gasteiger partial charge in [0, 0.05) is 23.4 Å². The fraction of sp³-hybridized carbons (Fsp3) is 0.471. The molecule has 0 atom stereocenters. The number of aromatic nitrogens is 2. The Bertz CT molecular complexity index is 556. The highest BCUT2D eigenvalue weighted by molar-refractivity contribution is 7.98. The van der Waals surface area contributed by atoms with Crippen LogP contribution in [-0.2, 0) is 12.3 Å². The van der Waals surface area contributed by atoms with E-state index in [0.29, 0.717) is 12.6 Å². The van der Waals surface area contributed by atoms with Gasteiger partial charge in [-0.1, -0.05) is 31.4 Å². The lowest BCUT2D eigenvalue weighted by Crippen LogP contribution is -2.13. The topological polar surface area (TPSA) is 43.8 Å². The summed E-state index contributed by atoms with van der Waals surface area (Å²) in [5.41, 5.74) is 7.97. The molecule has 0 spiro atoms. The second-order valence-corrected chi connectivity index (χ2v) is 6.76. The van der Waals surface area contributed by atoms with Crippen molar-refractivity contribution in [2.75, 3.05) is 0 Å². The summed E-state index contributed by atoms with van der Waals surface area (Å²) >= 11 is 1.84. The summed E-state index contributed by atoms with van der Waals surface area (Å²) in [5, 5.41) is 4.76. The van der Waals surface area contributed by atoms with Gasteiger partial charge in [0.25, 0.3) is 0 Å². The molecule has 1 heterocycles. The summed E-state index contributed by atoms with van der Waals surface area (Å²) in [6.45, 7) is 0.608. The summed E-state index contributed by atoms with van der Waals surface area (Å²) in [4.78, 5) is 1.28. The first-order valence-corrected chi connectivity index (χ1v) is 8.79. The minimum absolute atomic E-state index is 0.608. The Morgan fingerprint density at radius 1 is 1.10 bits per heavy atom. The molecule has 1 saturated carbocycles. The van der Waals surface area contributed by atoms with Crippen LogP contribution in [0.25, 0.3) is 0 Å². The van der Waals surface area contributed by atoms with Gasteiger partial charge in [-0.3, -0.25) is 4.68 Å². The van der Waals surface area contributed by atoms with Crippen molar-refractivity contribution in [3.8, 4) is 0 Å². The van der Waals surface area contributed by atoms with Gasteiger partial charge in [0.2, 0.25) is 0 Å². The first-order chi connectivity index (χ1) is 10.3. The summed E-state index contributed by atoms with van der Waals surface area (Å²) in [5.74, 6) is 0.932. The van der Waals surface area contributed by atoms with E-state index in [1.54, 1.807) is 0 Å². The average molecular weight is 301 g/mol. The van der Waals surface area contributed by atoms with Gasteiger partial charge in [-0.2, -0.15) is 5.10 Å². The Labute approximate surface area is 130 Å². The van der Waals surface area contributed by atoms with Crippen LogP contribution < -0.4 is 5.73 Å². The monoisotopic (exact) mass is 301 g/mol. The maximum absolute atomic E-state index is 5.62. The van der Waals surface area contributed by atoms with Gasteiger partial charge in [0.1, 0.15) is 0 Å². The molecule has 2 aromatic rings. The van der Waals surface area contributed by atoms with Crippen LogP contribution in [0.3, 0.4) is 0 Å². The van der Waals surface area contributed by atoms with Crippen LogP contribution in [0.5, 0.6) is 0 Å². The molecule has 0 unspecified atom stereocenters. The largest absolute Gasteiger partial charge is 0.326 e. The van der Waals surface area contributed by atoms with Gasteiger partial charge in [0.15, 0.2) is 0 Å². The second-order valence-electron chi connectivity index (χ2n) is 5.72. The van der Waals surface area contributed by atoms with E-state index in [4.69, 9.17) is 10.8 Å². The van der Waals surface area contributed by atoms with Crippen molar-refractivity contribution in [1.82, 2.24) is 9.78 Å². The van der Waals surface area contributed by atoms with Gasteiger partial charge >= 0.3 is 0 Å². The van der Waals surface area contributed by atoms with E-state index in [9.17, 15) is 0 Å². The molecule has 1 aromatic heterocycles. The van der Waals surface area contributed by atoms with Crippen molar-refractivity contribution >= 4 is 11.8 Å². The number of nitrogens with two attached hydrogens (primary N) is 1. The Morgan fingerprint density at radius 3 is 2.57 bits per heavy atom. The quantitative estimate of drug-likeness (QED) is 0.844. The van der Waals surface area contributed by atoms with Crippen molar-refractivity contribution in [2.24, 2.45) is 5.73 Å². The lowest BCUT2D eigenvalue weighted by Gasteiger charge is -2.21. The van der Waals surface area contributed by atoms with Gasteiger partial charge in [0.05, 0.1) is 11.7 Å². The second kappa shape index (κ2) is 7.14. The molecule has 1 aromatic carbocycles. The molecule has 0 radical (unpaired) electrons. The molecule has 0 saturated heterocycles. The standard InChI is InChI=1S/C17H23N3S/c18-12-14-6-8-17(9-7-14)21-13-15-10-11-20(19-15)16-4-2-1-3-5-16/h6-11,16H,1-5,12-13,18H2. The minimum atomic E-state index is 0.608. The molecular weight excluding hydrogens is 278 g/mol. The predicted molar refractivity (Wildman–Crippen MR) is 88.2 cm³/mol. The molecule has 0 amide bonds. The van der Waals surface area contributed by atoms with Crippen molar-refractivity contribution in [3.63, 3.8) is 0 Å². The Kier molecular flexibility index (Phi) is 4.99. The van der Waals surface area contributed by atoms with Crippen LogP contribution in [0.15, 0.2) is 41.4 Å². The van der Waals surface area contributed by atoms with Crippen LogP contribution in [0.1, 0.15) is 49.4 Å². The van der Waals surface area contributed by atoms with E-state index in [2.05, 4.69) is 41.2 Å². The highest BCUT2D eigenvalue weighted by atomic mass is 32.2. The highest BCUT2D eigenvalue weighted by Gasteiger charge is 2.15. The van der Waals surface area contributed by atoms with E-state index in [-0.39, 0.29) is 0 Å².